The Hall–Kier alpha value is -2.81. The number of primary amides is 1. The third-order valence-electron chi connectivity index (χ3n) is 2.84. The Balaban J connectivity index is 2.99. The number of benzene rings is 1. The summed E-state index contributed by atoms with van der Waals surface area (Å²) in [7, 11) is 1.44. The van der Waals surface area contributed by atoms with E-state index in [1.807, 2.05) is 6.92 Å². The van der Waals surface area contributed by atoms with Gasteiger partial charge >= 0.3 is 5.97 Å². The molecule has 0 radical (unpaired) electrons. The lowest BCUT2D eigenvalue weighted by Crippen LogP contribution is -2.12. The monoisotopic (exact) mass is 302 g/mol. The molecule has 1 rings (SSSR count). The van der Waals surface area contributed by atoms with Crippen LogP contribution in [0.2, 0.25) is 0 Å². The molecule has 0 unspecified atom stereocenters. The molecule has 0 saturated carbocycles. The summed E-state index contributed by atoms with van der Waals surface area (Å²) in [6.45, 7) is 1.99. The van der Waals surface area contributed by atoms with E-state index in [4.69, 9.17) is 20.5 Å². The molecule has 22 heavy (non-hydrogen) atoms. The third kappa shape index (κ3) is 4.94. The maximum atomic E-state index is 11.6. The Labute approximate surface area is 129 Å². The van der Waals surface area contributed by atoms with E-state index in [1.54, 1.807) is 24.3 Å². The van der Waals surface area contributed by atoms with Crippen molar-refractivity contribution in [1.82, 2.24) is 0 Å². The summed E-state index contributed by atoms with van der Waals surface area (Å²) >= 11 is 0. The molecule has 1 aromatic carbocycles. The predicted molar refractivity (Wildman–Crippen MR) is 80.9 cm³/mol. The van der Waals surface area contributed by atoms with E-state index in [0.29, 0.717) is 23.5 Å². The van der Waals surface area contributed by atoms with Crippen molar-refractivity contribution in [1.29, 1.82) is 5.26 Å². The second-order valence-corrected chi connectivity index (χ2v) is 4.52. The maximum Gasteiger partial charge on any atom is 0.311 e. The number of amides is 1. The highest BCUT2D eigenvalue weighted by Crippen LogP contribution is 2.29. The van der Waals surface area contributed by atoms with Crippen molar-refractivity contribution >= 4 is 18.0 Å². The Kier molecular flexibility index (Phi) is 6.64. The van der Waals surface area contributed by atoms with E-state index < -0.39 is 5.91 Å². The van der Waals surface area contributed by atoms with Crippen molar-refractivity contribution in [3.05, 3.63) is 29.3 Å². The number of esters is 1. The number of carbonyl (C=O) groups excluding carboxylic acids is 2. The fraction of sp³-hybridized carbons (Fsp3) is 0.312. The van der Waals surface area contributed by atoms with Crippen molar-refractivity contribution in [2.45, 2.75) is 26.2 Å². The second kappa shape index (κ2) is 8.47. The number of methoxy groups -OCH3 is 1. The highest BCUT2D eigenvalue weighted by atomic mass is 16.6. The number of ether oxygens (including phenoxy) is 2. The van der Waals surface area contributed by atoms with Gasteiger partial charge in [0.15, 0.2) is 11.5 Å². The standard InChI is InChI=1S/C16H18N2O4/c1-3-4-5-15(19)22-13-7-6-11(9-14(13)21-2)8-12(10-17)16(18)20/h6-9H,3-5H2,1-2H3,(H2,18,20)/b12-8+. The van der Waals surface area contributed by atoms with Gasteiger partial charge in [-0.05, 0) is 30.2 Å². The molecule has 0 heterocycles. The van der Waals surface area contributed by atoms with Crippen LogP contribution in [0.25, 0.3) is 6.08 Å². The molecule has 0 saturated heterocycles. The van der Waals surface area contributed by atoms with Gasteiger partial charge in [0.25, 0.3) is 5.91 Å². The van der Waals surface area contributed by atoms with Crippen LogP contribution in [0.15, 0.2) is 23.8 Å². The SMILES string of the molecule is CCCCC(=O)Oc1ccc(/C=C(\C#N)C(N)=O)cc1OC. The highest BCUT2D eigenvalue weighted by Gasteiger charge is 2.11. The quantitative estimate of drug-likeness (QED) is 0.360. The van der Waals surface area contributed by atoms with E-state index in [0.717, 1.165) is 12.8 Å². The van der Waals surface area contributed by atoms with Crippen LogP contribution in [0.1, 0.15) is 31.7 Å². The third-order valence-corrected chi connectivity index (χ3v) is 2.84. The fourth-order valence-corrected chi connectivity index (χ4v) is 1.68. The lowest BCUT2D eigenvalue weighted by molar-refractivity contribution is -0.134. The lowest BCUT2D eigenvalue weighted by atomic mass is 10.1. The first-order valence-corrected chi connectivity index (χ1v) is 6.82. The second-order valence-electron chi connectivity index (χ2n) is 4.52. The molecule has 0 aliphatic rings. The zero-order valence-electron chi connectivity index (χ0n) is 12.6. The van der Waals surface area contributed by atoms with Crippen molar-refractivity contribution < 1.29 is 19.1 Å². The lowest BCUT2D eigenvalue weighted by Gasteiger charge is -2.10. The van der Waals surface area contributed by atoms with Crippen LogP contribution in [0.4, 0.5) is 0 Å². The molecule has 6 nitrogen and oxygen atoms in total. The smallest absolute Gasteiger partial charge is 0.311 e. The first-order valence-electron chi connectivity index (χ1n) is 6.82. The van der Waals surface area contributed by atoms with E-state index in [2.05, 4.69) is 0 Å². The number of nitrogens with zero attached hydrogens (tertiary/aromatic N) is 1. The number of nitrogens with two attached hydrogens (primary N) is 1. The van der Waals surface area contributed by atoms with Crippen LogP contribution in [0, 0.1) is 11.3 Å². The Bertz CT molecular complexity index is 630. The molecule has 1 aromatic rings. The zero-order chi connectivity index (χ0) is 16.5. The van der Waals surface area contributed by atoms with Gasteiger partial charge in [-0.2, -0.15) is 5.26 Å². The molecular formula is C16H18N2O4. The minimum atomic E-state index is -0.809. The molecule has 116 valence electrons. The molecule has 0 fully saturated rings. The number of hydrogen-bond donors (Lipinski definition) is 1. The number of nitriles is 1. The van der Waals surface area contributed by atoms with Gasteiger partial charge in [-0.25, -0.2) is 0 Å². The van der Waals surface area contributed by atoms with Gasteiger partial charge in [-0.3, -0.25) is 9.59 Å². The Morgan fingerprint density at radius 1 is 1.36 bits per heavy atom. The van der Waals surface area contributed by atoms with Crippen LogP contribution in [0.3, 0.4) is 0 Å². The van der Waals surface area contributed by atoms with Gasteiger partial charge in [0.05, 0.1) is 7.11 Å². The van der Waals surface area contributed by atoms with Gasteiger partial charge in [0, 0.05) is 6.42 Å². The number of hydrogen-bond acceptors (Lipinski definition) is 5. The molecule has 1 amide bonds. The average Bonchev–Trinajstić information content (AvgIpc) is 2.51. The Morgan fingerprint density at radius 2 is 2.09 bits per heavy atom. The molecule has 0 aliphatic carbocycles. The minimum Gasteiger partial charge on any atom is -0.493 e. The average molecular weight is 302 g/mol. The van der Waals surface area contributed by atoms with E-state index in [1.165, 1.54) is 13.2 Å². The number of carbonyl (C=O) groups is 2. The van der Waals surface area contributed by atoms with Crippen LogP contribution < -0.4 is 15.2 Å². The van der Waals surface area contributed by atoms with Gasteiger partial charge in [0.2, 0.25) is 0 Å². The molecule has 0 spiro atoms. The molecule has 6 heteroatoms. The topological polar surface area (TPSA) is 102 Å². The van der Waals surface area contributed by atoms with Crippen molar-refractivity contribution in [3.8, 4) is 17.6 Å². The summed E-state index contributed by atoms with van der Waals surface area (Å²) in [6.07, 6.45) is 3.33. The van der Waals surface area contributed by atoms with Gasteiger partial charge in [-0.15, -0.1) is 0 Å². The zero-order valence-corrected chi connectivity index (χ0v) is 12.6. The van der Waals surface area contributed by atoms with Crippen molar-refractivity contribution in [3.63, 3.8) is 0 Å². The van der Waals surface area contributed by atoms with Crippen LogP contribution in [0.5, 0.6) is 11.5 Å². The molecule has 0 aromatic heterocycles. The van der Waals surface area contributed by atoms with E-state index in [-0.39, 0.29) is 11.5 Å². The van der Waals surface area contributed by atoms with Gasteiger partial charge in [0.1, 0.15) is 11.6 Å². The minimum absolute atomic E-state index is 0.172. The molecule has 0 atom stereocenters. The van der Waals surface area contributed by atoms with Gasteiger partial charge < -0.3 is 15.2 Å². The van der Waals surface area contributed by atoms with Crippen LogP contribution in [-0.4, -0.2) is 19.0 Å². The largest absolute Gasteiger partial charge is 0.493 e. The van der Waals surface area contributed by atoms with Crippen molar-refractivity contribution in [2.75, 3.05) is 7.11 Å². The summed E-state index contributed by atoms with van der Waals surface area (Å²) in [5.41, 5.74) is 5.45. The Morgan fingerprint density at radius 3 is 2.64 bits per heavy atom. The summed E-state index contributed by atoms with van der Waals surface area (Å²) in [6, 6.07) is 6.42. The van der Waals surface area contributed by atoms with Crippen LogP contribution >= 0.6 is 0 Å². The summed E-state index contributed by atoms with van der Waals surface area (Å²) in [5, 5.41) is 8.82. The predicted octanol–water partition coefficient (Wildman–Crippen LogP) is 2.18. The number of rotatable bonds is 7. The number of unbranched alkanes of at least 4 members (excludes halogenated alkanes) is 1. The first kappa shape index (κ1) is 17.2. The van der Waals surface area contributed by atoms with E-state index in [9.17, 15) is 9.59 Å². The summed E-state index contributed by atoms with van der Waals surface area (Å²) in [5.74, 6) is -0.520. The van der Waals surface area contributed by atoms with Gasteiger partial charge in [-0.1, -0.05) is 19.4 Å². The van der Waals surface area contributed by atoms with Crippen LogP contribution in [-0.2, 0) is 9.59 Å². The summed E-state index contributed by atoms with van der Waals surface area (Å²) < 4.78 is 10.4. The molecular weight excluding hydrogens is 284 g/mol. The normalized spacial score (nSPS) is 10.7. The first-order chi connectivity index (χ1) is 10.5. The molecule has 0 bridgehead atoms. The van der Waals surface area contributed by atoms with E-state index >= 15 is 0 Å². The molecule has 0 aliphatic heterocycles. The summed E-state index contributed by atoms with van der Waals surface area (Å²) in [4.78, 5) is 22.7. The molecule has 2 N–H and O–H groups in total. The maximum absolute atomic E-state index is 11.6. The highest BCUT2D eigenvalue weighted by molar-refractivity contribution is 6.00. The van der Waals surface area contributed by atoms with Crippen molar-refractivity contribution in [2.24, 2.45) is 5.73 Å². The fourth-order valence-electron chi connectivity index (χ4n) is 1.68.